The molecule has 0 saturated heterocycles. The Labute approximate surface area is 46.7 Å². The van der Waals surface area contributed by atoms with Crippen LogP contribution in [0.3, 0.4) is 0 Å². The van der Waals surface area contributed by atoms with E-state index in [-0.39, 0.29) is 8.07 Å². The molecular weight excluding hydrogens is 105 g/mol. The Kier molecular flexibility index (Phi) is 3.19. The number of hydrogen-bond acceptors (Lipinski definition) is 1. The van der Waals surface area contributed by atoms with E-state index in [4.69, 9.17) is 0 Å². The molecule has 0 radical (unpaired) electrons. The molecule has 0 heterocycles. The van der Waals surface area contributed by atoms with Crippen LogP contribution in [-0.2, 0) is 0 Å². The molecule has 0 bridgehead atoms. The Balaban J connectivity index is 3.45. The van der Waals surface area contributed by atoms with Crippen LogP contribution in [0.1, 0.15) is 13.8 Å². The Bertz CT molecular complexity index is 72.1. The van der Waals surface area contributed by atoms with E-state index >= 15 is 0 Å². The van der Waals surface area contributed by atoms with Crippen LogP contribution >= 0.6 is 8.07 Å². The molecule has 7 heavy (non-hydrogen) atoms. The Morgan fingerprint density at radius 2 is 1.71 bits per heavy atom. The molecule has 0 spiro atoms. The van der Waals surface area contributed by atoms with Gasteiger partial charge in [0.15, 0.2) is 0 Å². The topological polar surface area (TPSA) is 12.4 Å². The van der Waals surface area contributed by atoms with Crippen molar-refractivity contribution >= 4 is 13.8 Å². The quantitative estimate of drug-likeness (QED) is 0.368. The average Bonchev–Trinajstić information content (AvgIpc) is 1.27. The molecule has 0 amide bonds. The lowest BCUT2D eigenvalue weighted by Crippen LogP contribution is -1.75. The van der Waals surface area contributed by atoms with Gasteiger partial charge in [0.1, 0.15) is 0 Å². The molecule has 0 saturated carbocycles. The molecule has 0 aromatic heterocycles. The summed E-state index contributed by atoms with van der Waals surface area (Å²) >= 11 is 0. The first-order valence-electron chi connectivity index (χ1n) is 2.32. The summed E-state index contributed by atoms with van der Waals surface area (Å²) in [6.45, 7) is 8.34. The molecule has 0 unspecified atom stereocenters. The summed E-state index contributed by atoms with van der Waals surface area (Å²) < 4.78 is 4.26. The molecule has 0 atom stereocenters. The molecule has 0 rings (SSSR count). The SMILES string of the molecule is CC(C)=NP(C)C. The zero-order valence-corrected chi connectivity index (χ0v) is 6.29. The molecule has 0 aromatic rings. The smallest absolute Gasteiger partial charge is 0.0105 e. The third-order valence-electron chi connectivity index (χ3n) is 0.400. The summed E-state index contributed by atoms with van der Waals surface area (Å²) in [5.74, 6) is 0. The summed E-state index contributed by atoms with van der Waals surface area (Å²) in [4.78, 5) is 0. The molecular formula is C5H12NP. The molecule has 0 aliphatic rings. The van der Waals surface area contributed by atoms with Crippen molar-refractivity contribution in [1.29, 1.82) is 0 Å². The van der Waals surface area contributed by atoms with Gasteiger partial charge in [-0.3, -0.25) is 4.76 Å². The van der Waals surface area contributed by atoms with Crippen LogP contribution in [-0.4, -0.2) is 19.0 Å². The van der Waals surface area contributed by atoms with Crippen molar-refractivity contribution in [1.82, 2.24) is 0 Å². The van der Waals surface area contributed by atoms with Crippen molar-refractivity contribution < 1.29 is 0 Å². The van der Waals surface area contributed by atoms with E-state index in [1.165, 1.54) is 5.71 Å². The fourth-order valence-electron chi connectivity index (χ4n) is 0.400. The first-order chi connectivity index (χ1) is 3.13. The fraction of sp³-hybridized carbons (Fsp3) is 0.800. The van der Waals surface area contributed by atoms with Crippen LogP contribution in [0.2, 0.25) is 0 Å². The molecule has 0 fully saturated rings. The fourth-order valence-corrected chi connectivity index (χ4v) is 1.20. The van der Waals surface area contributed by atoms with Crippen LogP contribution in [0.15, 0.2) is 4.76 Å². The summed E-state index contributed by atoms with van der Waals surface area (Å²) in [6, 6.07) is 0. The minimum Gasteiger partial charge on any atom is -0.272 e. The number of rotatable bonds is 1. The van der Waals surface area contributed by atoms with Crippen LogP contribution in [0.5, 0.6) is 0 Å². The lowest BCUT2D eigenvalue weighted by Gasteiger charge is -1.94. The second-order valence-corrected chi connectivity index (χ2v) is 3.79. The highest BCUT2D eigenvalue weighted by Gasteiger charge is 1.82. The van der Waals surface area contributed by atoms with Crippen molar-refractivity contribution in [3.05, 3.63) is 0 Å². The lowest BCUT2D eigenvalue weighted by atomic mass is 10.5. The molecule has 0 N–H and O–H groups in total. The summed E-state index contributed by atoms with van der Waals surface area (Å²) in [7, 11) is -0.0520. The van der Waals surface area contributed by atoms with Gasteiger partial charge in [-0.2, -0.15) is 0 Å². The van der Waals surface area contributed by atoms with Gasteiger partial charge in [-0.15, -0.1) is 0 Å². The maximum atomic E-state index is 4.26. The van der Waals surface area contributed by atoms with Crippen LogP contribution in [0, 0.1) is 0 Å². The van der Waals surface area contributed by atoms with Crippen molar-refractivity contribution in [2.75, 3.05) is 13.3 Å². The normalized spacial score (nSPS) is 9.29. The minimum atomic E-state index is -0.0520. The van der Waals surface area contributed by atoms with Gasteiger partial charge in [-0.25, -0.2) is 0 Å². The second-order valence-electron chi connectivity index (χ2n) is 1.89. The van der Waals surface area contributed by atoms with Gasteiger partial charge < -0.3 is 0 Å². The minimum absolute atomic E-state index is 0.0520. The van der Waals surface area contributed by atoms with E-state index in [1.807, 2.05) is 13.8 Å². The van der Waals surface area contributed by atoms with Crippen molar-refractivity contribution in [2.45, 2.75) is 13.8 Å². The Morgan fingerprint density at radius 3 is 1.71 bits per heavy atom. The molecule has 0 aliphatic carbocycles. The van der Waals surface area contributed by atoms with Crippen LogP contribution in [0.25, 0.3) is 0 Å². The first kappa shape index (κ1) is 7.10. The third kappa shape index (κ3) is 6.10. The first-order valence-corrected chi connectivity index (χ1v) is 4.51. The molecule has 42 valence electrons. The predicted octanol–water partition coefficient (Wildman–Crippen LogP) is 2.12. The van der Waals surface area contributed by atoms with Crippen molar-refractivity contribution in [2.24, 2.45) is 4.76 Å². The van der Waals surface area contributed by atoms with Gasteiger partial charge in [0.2, 0.25) is 0 Å². The summed E-state index contributed by atoms with van der Waals surface area (Å²) in [6.07, 6.45) is 0. The van der Waals surface area contributed by atoms with E-state index in [1.54, 1.807) is 0 Å². The van der Waals surface area contributed by atoms with Gasteiger partial charge in [0.25, 0.3) is 0 Å². The lowest BCUT2D eigenvalue weighted by molar-refractivity contribution is 1.65. The van der Waals surface area contributed by atoms with E-state index in [0.717, 1.165) is 0 Å². The summed E-state index contributed by atoms with van der Waals surface area (Å²) in [5, 5.41) is 0. The van der Waals surface area contributed by atoms with Gasteiger partial charge in [0.05, 0.1) is 0 Å². The van der Waals surface area contributed by atoms with Crippen molar-refractivity contribution in [3.63, 3.8) is 0 Å². The molecule has 1 nitrogen and oxygen atoms in total. The highest BCUT2D eigenvalue weighted by atomic mass is 31.1. The van der Waals surface area contributed by atoms with E-state index in [9.17, 15) is 0 Å². The predicted molar refractivity (Wildman–Crippen MR) is 37.6 cm³/mol. The van der Waals surface area contributed by atoms with Gasteiger partial charge >= 0.3 is 0 Å². The third-order valence-corrected chi connectivity index (χ3v) is 1.20. The average molecular weight is 117 g/mol. The highest BCUT2D eigenvalue weighted by Crippen LogP contribution is 2.25. The van der Waals surface area contributed by atoms with Crippen LogP contribution < -0.4 is 0 Å². The zero-order valence-electron chi connectivity index (χ0n) is 5.39. The van der Waals surface area contributed by atoms with Gasteiger partial charge in [-0.05, 0) is 27.2 Å². The number of hydrogen-bond donors (Lipinski definition) is 0. The molecule has 0 aliphatic heterocycles. The monoisotopic (exact) mass is 117 g/mol. The van der Waals surface area contributed by atoms with Crippen LogP contribution in [0.4, 0.5) is 0 Å². The maximum Gasteiger partial charge on any atom is 0.0105 e. The standard InChI is InChI=1S/C5H12NP/c1-5(2)6-7(3)4/h1-4H3. The zero-order chi connectivity index (χ0) is 5.86. The maximum absolute atomic E-state index is 4.26. The molecule has 2 heteroatoms. The van der Waals surface area contributed by atoms with E-state index in [0.29, 0.717) is 0 Å². The Morgan fingerprint density at radius 1 is 1.29 bits per heavy atom. The van der Waals surface area contributed by atoms with Crippen molar-refractivity contribution in [3.8, 4) is 0 Å². The number of nitrogens with zero attached hydrogens (tertiary/aromatic N) is 1. The summed E-state index contributed by atoms with van der Waals surface area (Å²) in [5.41, 5.74) is 1.19. The Hall–Kier alpha value is 0.100. The highest BCUT2D eigenvalue weighted by molar-refractivity contribution is 7.54. The van der Waals surface area contributed by atoms with Gasteiger partial charge in [-0.1, -0.05) is 0 Å². The second kappa shape index (κ2) is 3.15. The van der Waals surface area contributed by atoms with E-state index in [2.05, 4.69) is 18.1 Å². The van der Waals surface area contributed by atoms with Gasteiger partial charge in [0, 0.05) is 13.8 Å². The molecule has 0 aromatic carbocycles. The largest absolute Gasteiger partial charge is 0.272 e. The van der Waals surface area contributed by atoms with E-state index < -0.39 is 0 Å².